The van der Waals surface area contributed by atoms with Crippen LogP contribution in [-0.2, 0) is 14.3 Å². The average Bonchev–Trinajstić information content (AvgIpc) is 2.45. The molecule has 1 aliphatic heterocycles. The van der Waals surface area contributed by atoms with Crippen LogP contribution >= 0.6 is 0 Å². The van der Waals surface area contributed by atoms with E-state index in [1.807, 2.05) is 0 Å². The van der Waals surface area contributed by atoms with Crippen molar-refractivity contribution in [3.8, 4) is 0 Å². The van der Waals surface area contributed by atoms with E-state index in [0.29, 0.717) is 0 Å². The summed E-state index contributed by atoms with van der Waals surface area (Å²) >= 11 is 0. The van der Waals surface area contributed by atoms with Gasteiger partial charge in [-0.3, -0.25) is 4.79 Å². The summed E-state index contributed by atoms with van der Waals surface area (Å²) in [6.45, 7) is 1.91. The third kappa shape index (κ3) is 3.66. The van der Waals surface area contributed by atoms with Gasteiger partial charge in [0.25, 0.3) is 0 Å². The first-order chi connectivity index (χ1) is 9.99. The van der Waals surface area contributed by atoms with Gasteiger partial charge >= 0.3 is 5.97 Å². The molecule has 1 aromatic rings. The molecule has 0 spiro atoms. The maximum absolute atomic E-state index is 13.5. The highest BCUT2D eigenvalue weighted by Crippen LogP contribution is 2.14. The molecular weight excluding hydrogens is 277 g/mol. The number of morpholine rings is 1. The van der Waals surface area contributed by atoms with Gasteiger partial charge in [-0.1, -0.05) is 18.2 Å². The average molecular weight is 293 g/mol. The molecule has 0 saturated carbocycles. The van der Waals surface area contributed by atoms with Gasteiger partial charge in [0.1, 0.15) is 5.82 Å². The molecule has 1 aliphatic rings. The lowest BCUT2D eigenvalue weighted by atomic mass is 10.1. The van der Waals surface area contributed by atoms with E-state index in [0.717, 1.165) is 0 Å². The lowest BCUT2D eigenvalue weighted by Gasteiger charge is -2.35. The third-order valence-corrected chi connectivity index (χ3v) is 3.25. The predicted molar refractivity (Wildman–Crippen MR) is 74.0 cm³/mol. The molecule has 6 heteroatoms. The lowest BCUT2D eigenvalue weighted by Crippen LogP contribution is -2.54. The summed E-state index contributed by atoms with van der Waals surface area (Å²) in [5, 5.41) is 9.12. The smallest absolute Gasteiger partial charge is 0.328 e. The van der Waals surface area contributed by atoms with Crippen LogP contribution < -0.4 is 0 Å². The molecule has 1 heterocycles. The zero-order valence-corrected chi connectivity index (χ0v) is 11.5. The van der Waals surface area contributed by atoms with Crippen molar-refractivity contribution < 1.29 is 23.8 Å². The molecule has 1 amide bonds. The minimum Gasteiger partial charge on any atom is -0.480 e. The minimum atomic E-state index is -1.12. The molecule has 0 aliphatic carbocycles. The first-order valence-corrected chi connectivity index (χ1v) is 6.56. The number of carbonyl (C=O) groups excluding carboxylic acids is 1. The van der Waals surface area contributed by atoms with Gasteiger partial charge in [-0.25, -0.2) is 9.18 Å². The Bertz CT molecular complexity index is 573. The van der Waals surface area contributed by atoms with E-state index in [-0.39, 0.29) is 24.8 Å². The Labute approximate surface area is 121 Å². The van der Waals surface area contributed by atoms with Crippen molar-refractivity contribution in [2.45, 2.75) is 19.1 Å². The molecule has 0 aromatic heterocycles. The van der Waals surface area contributed by atoms with Gasteiger partial charge in [-0.05, 0) is 19.1 Å². The number of carboxylic acid groups (broad SMARTS) is 1. The highest BCUT2D eigenvalue weighted by molar-refractivity contribution is 5.94. The molecule has 0 bridgehead atoms. The van der Waals surface area contributed by atoms with Crippen LogP contribution in [0.4, 0.5) is 4.39 Å². The number of ether oxygens (including phenoxy) is 1. The van der Waals surface area contributed by atoms with Crippen LogP contribution in [0.15, 0.2) is 30.3 Å². The predicted octanol–water partition coefficient (Wildman–Crippen LogP) is 1.54. The second kappa shape index (κ2) is 6.49. The molecule has 5 nitrogen and oxygen atoms in total. The Hall–Kier alpha value is -2.21. The van der Waals surface area contributed by atoms with E-state index in [2.05, 4.69) is 0 Å². The molecule has 112 valence electrons. The zero-order valence-electron chi connectivity index (χ0n) is 11.5. The Morgan fingerprint density at radius 3 is 2.81 bits per heavy atom. The summed E-state index contributed by atoms with van der Waals surface area (Å²) in [7, 11) is 0. The van der Waals surface area contributed by atoms with E-state index in [9.17, 15) is 14.0 Å². The Balaban J connectivity index is 2.14. The van der Waals surface area contributed by atoms with E-state index in [1.165, 1.54) is 29.2 Å². The molecule has 2 atom stereocenters. The first-order valence-electron chi connectivity index (χ1n) is 6.56. The summed E-state index contributed by atoms with van der Waals surface area (Å²) in [4.78, 5) is 24.5. The molecule has 1 aromatic carbocycles. The van der Waals surface area contributed by atoms with Gasteiger partial charge in [0.15, 0.2) is 6.04 Å². The molecule has 1 saturated heterocycles. The fourth-order valence-corrected chi connectivity index (χ4v) is 2.12. The summed E-state index contributed by atoms with van der Waals surface area (Å²) in [5.74, 6) is -2.03. The maximum atomic E-state index is 13.5. The second-order valence-corrected chi connectivity index (χ2v) is 4.84. The molecule has 0 radical (unpaired) electrons. The van der Waals surface area contributed by atoms with Crippen molar-refractivity contribution in [3.63, 3.8) is 0 Å². The van der Waals surface area contributed by atoms with Crippen molar-refractivity contribution in [2.75, 3.05) is 13.2 Å². The van der Waals surface area contributed by atoms with Gasteiger partial charge in [-0.15, -0.1) is 0 Å². The molecule has 1 N–H and O–H groups in total. The topological polar surface area (TPSA) is 66.8 Å². The molecule has 1 fully saturated rings. The van der Waals surface area contributed by atoms with Gasteiger partial charge in [0, 0.05) is 18.2 Å². The van der Waals surface area contributed by atoms with Crippen LogP contribution in [0, 0.1) is 5.82 Å². The summed E-state index contributed by atoms with van der Waals surface area (Å²) in [5.41, 5.74) is 0.277. The SMILES string of the molecule is C[C@@H]1CN(C(=O)/C=C/c2ccccc2F)[C@H](C(=O)O)CO1. The van der Waals surface area contributed by atoms with Gasteiger partial charge in [0.2, 0.25) is 5.91 Å². The second-order valence-electron chi connectivity index (χ2n) is 4.84. The van der Waals surface area contributed by atoms with Crippen molar-refractivity contribution in [1.82, 2.24) is 4.90 Å². The van der Waals surface area contributed by atoms with Crippen LogP contribution in [0.3, 0.4) is 0 Å². The van der Waals surface area contributed by atoms with E-state index in [1.54, 1.807) is 19.1 Å². The van der Waals surface area contributed by atoms with Crippen molar-refractivity contribution in [2.24, 2.45) is 0 Å². The van der Waals surface area contributed by atoms with Crippen LogP contribution in [0.2, 0.25) is 0 Å². The van der Waals surface area contributed by atoms with E-state index >= 15 is 0 Å². The number of hydrogen-bond acceptors (Lipinski definition) is 3. The lowest BCUT2D eigenvalue weighted by molar-refractivity contribution is -0.160. The zero-order chi connectivity index (χ0) is 15.4. The first kappa shape index (κ1) is 15.2. The van der Waals surface area contributed by atoms with Crippen molar-refractivity contribution >= 4 is 18.0 Å². The number of halogens is 1. The van der Waals surface area contributed by atoms with Gasteiger partial charge in [-0.2, -0.15) is 0 Å². The monoisotopic (exact) mass is 293 g/mol. The van der Waals surface area contributed by atoms with E-state index in [4.69, 9.17) is 9.84 Å². The number of amides is 1. The van der Waals surface area contributed by atoms with Crippen LogP contribution in [0.5, 0.6) is 0 Å². The highest BCUT2D eigenvalue weighted by atomic mass is 19.1. The van der Waals surface area contributed by atoms with Gasteiger partial charge < -0.3 is 14.7 Å². The Morgan fingerprint density at radius 1 is 1.43 bits per heavy atom. The Kier molecular flexibility index (Phi) is 4.70. The number of carboxylic acids is 1. The quantitative estimate of drug-likeness (QED) is 0.858. The number of hydrogen-bond donors (Lipinski definition) is 1. The summed E-state index contributed by atoms with van der Waals surface area (Å²) in [6, 6.07) is 5.03. The highest BCUT2D eigenvalue weighted by Gasteiger charge is 2.34. The largest absolute Gasteiger partial charge is 0.480 e. The van der Waals surface area contributed by atoms with Crippen molar-refractivity contribution in [3.05, 3.63) is 41.7 Å². The number of benzene rings is 1. The number of rotatable bonds is 3. The standard InChI is InChI=1S/C15H16FNO4/c1-10-8-17(13(9-21-10)15(19)20)14(18)7-6-11-4-2-3-5-12(11)16/h2-7,10,13H,8-9H2,1H3,(H,19,20)/b7-6+/t10-,13+/m1/s1. The fourth-order valence-electron chi connectivity index (χ4n) is 2.12. The molecular formula is C15H16FNO4. The maximum Gasteiger partial charge on any atom is 0.328 e. The summed E-state index contributed by atoms with van der Waals surface area (Å²) < 4.78 is 18.7. The number of aliphatic carboxylic acids is 1. The van der Waals surface area contributed by atoms with Crippen molar-refractivity contribution in [1.29, 1.82) is 0 Å². The van der Waals surface area contributed by atoms with E-state index < -0.39 is 23.7 Å². The molecule has 21 heavy (non-hydrogen) atoms. The summed E-state index contributed by atoms with van der Waals surface area (Å²) in [6.07, 6.45) is 2.30. The molecule has 2 rings (SSSR count). The van der Waals surface area contributed by atoms with Crippen LogP contribution in [-0.4, -0.2) is 47.2 Å². The van der Waals surface area contributed by atoms with Gasteiger partial charge in [0.05, 0.1) is 12.7 Å². The molecule has 0 unspecified atom stereocenters. The van der Waals surface area contributed by atoms with Crippen LogP contribution in [0.25, 0.3) is 6.08 Å². The third-order valence-electron chi connectivity index (χ3n) is 3.25. The minimum absolute atomic E-state index is 0.0459. The normalized spacial score (nSPS) is 22.5. The Morgan fingerprint density at radius 2 is 2.14 bits per heavy atom. The van der Waals surface area contributed by atoms with Crippen LogP contribution in [0.1, 0.15) is 12.5 Å². The fraction of sp³-hybridized carbons (Fsp3) is 0.333. The number of nitrogens with zero attached hydrogens (tertiary/aromatic N) is 1. The number of carbonyl (C=O) groups is 2.